The fourth-order valence-electron chi connectivity index (χ4n) is 1.97. The molecule has 1 aromatic rings. The maximum absolute atomic E-state index is 8.84. The Kier molecular flexibility index (Phi) is 4.55. The van der Waals surface area contributed by atoms with Crippen molar-refractivity contribution in [3.63, 3.8) is 0 Å². The highest BCUT2D eigenvalue weighted by Crippen LogP contribution is 2.24. The zero-order valence-corrected chi connectivity index (χ0v) is 10.2. The topological polar surface area (TPSA) is 77.1 Å². The highest BCUT2D eigenvalue weighted by molar-refractivity contribution is 5.85. The fraction of sp³-hybridized carbons (Fsp3) is 0.462. The van der Waals surface area contributed by atoms with Crippen molar-refractivity contribution in [2.45, 2.75) is 31.7 Å². The molecule has 0 unspecified atom stereocenters. The van der Waals surface area contributed by atoms with Crippen molar-refractivity contribution in [1.29, 1.82) is 0 Å². The second-order valence-corrected chi connectivity index (χ2v) is 4.25. The Hall–Kier alpha value is -1.59. The third-order valence-electron chi connectivity index (χ3n) is 2.91. The molecule has 0 spiro atoms. The van der Waals surface area contributed by atoms with Gasteiger partial charge in [-0.3, -0.25) is 0 Å². The van der Waals surface area contributed by atoms with Gasteiger partial charge in [0, 0.05) is 6.61 Å². The van der Waals surface area contributed by atoms with Crippen LogP contribution >= 0.6 is 0 Å². The molecule has 1 aliphatic heterocycles. The number of nitrogens with two attached hydrogens (primary N) is 1. The summed E-state index contributed by atoms with van der Waals surface area (Å²) in [6.45, 7) is 0.697. The van der Waals surface area contributed by atoms with E-state index in [-0.39, 0.29) is 12.1 Å². The Morgan fingerprint density at radius 2 is 2.17 bits per heavy atom. The van der Waals surface area contributed by atoms with Crippen LogP contribution in [0.4, 0.5) is 0 Å². The van der Waals surface area contributed by atoms with Crippen LogP contribution in [0.25, 0.3) is 0 Å². The van der Waals surface area contributed by atoms with Crippen molar-refractivity contribution >= 4 is 5.84 Å². The summed E-state index contributed by atoms with van der Waals surface area (Å²) in [5.74, 6) is 0.0374. The zero-order valence-electron chi connectivity index (χ0n) is 10.2. The first-order valence-electron chi connectivity index (χ1n) is 6.10. The van der Waals surface area contributed by atoms with Crippen molar-refractivity contribution in [1.82, 2.24) is 0 Å². The number of amidine groups is 1. The van der Waals surface area contributed by atoms with Gasteiger partial charge in [-0.15, -0.1) is 0 Å². The van der Waals surface area contributed by atoms with Crippen LogP contribution in [0.5, 0.6) is 0 Å². The maximum Gasteiger partial charge on any atom is 0.173 e. The molecule has 2 atom stereocenters. The molecule has 0 aromatic heterocycles. The Morgan fingerprint density at radius 3 is 2.78 bits per heavy atom. The van der Waals surface area contributed by atoms with E-state index in [0.29, 0.717) is 6.61 Å². The summed E-state index contributed by atoms with van der Waals surface area (Å²) in [5.41, 5.74) is 6.53. The van der Waals surface area contributed by atoms with Gasteiger partial charge in [0.2, 0.25) is 0 Å². The van der Waals surface area contributed by atoms with Crippen molar-refractivity contribution in [2.24, 2.45) is 10.9 Å². The van der Waals surface area contributed by atoms with Gasteiger partial charge in [0.1, 0.15) is 6.10 Å². The van der Waals surface area contributed by atoms with E-state index in [2.05, 4.69) is 5.16 Å². The van der Waals surface area contributed by atoms with Crippen LogP contribution in [0.1, 0.15) is 30.9 Å². The standard InChI is InChI=1S/C13H18N2O3/c14-13(15-16)12(10-6-2-1-3-7-10)18-11-8-4-5-9-17-11/h1-3,6-7,11-12,16H,4-5,8-9H2,(H2,14,15)/t11-,12+/m0/s1. The minimum Gasteiger partial charge on any atom is -0.409 e. The summed E-state index contributed by atoms with van der Waals surface area (Å²) in [7, 11) is 0. The number of ether oxygens (including phenoxy) is 2. The normalized spacial score (nSPS) is 22.7. The van der Waals surface area contributed by atoms with Crippen molar-refractivity contribution in [2.75, 3.05) is 6.61 Å². The molecule has 5 nitrogen and oxygen atoms in total. The molecule has 98 valence electrons. The molecular weight excluding hydrogens is 232 g/mol. The van der Waals surface area contributed by atoms with Gasteiger partial charge >= 0.3 is 0 Å². The lowest BCUT2D eigenvalue weighted by Gasteiger charge is -2.27. The largest absolute Gasteiger partial charge is 0.409 e. The lowest BCUT2D eigenvalue weighted by atomic mass is 10.1. The molecule has 1 aromatic carbocycles. The van der Waals surface area contributed by atoms with Crippen LogP contribution in [0.15, 0.2) is 35.5 Å². The molecule has 0 aliphatic carbocycles. The molecule has 2 rings (SSSR count). The highest BCUT2D eigenvalue weighted by Gasteiger charge is 2.24. The first-order chi connectivity index (χ1) is 8.81. The van der Waals surface area contributed by atoms with E-state index in [0.717, 1.165) is 24.8 Å². The lowest BCUT2D eigenvalue weighted by Crippen LogP contribution is -2.31. The van der Waals surface area contributed by atoms with E-state index in [4.69, 9.17) is 20.4 Å². The second-order valence-electron chi connectivity index (χ2n) is 4.25. The third kappa shape index (κ3) is 3.21. The molecule has 1 aliphatic rings. The number of oxime groups is 1. The lowest BCUT2D eigenvalue weighted by molar-refractivity contribution is -0.176. The molecule has 1 fully saturated rings. The van der Waals surface area contributed by atoms with Gasteiger partial charge in [0.05, 0.1) is 0 Å². The SMILES string of the molecule is N/C(=N/O)[C@H](O[C@H]1CCCCO1)c1ccccc1. The molecule has 3 N–H and O–H groups in total. The summed E-state index contributed by atoms with van der Waals surface area (Å²) in [4.78, 5) is 0. The monoisotopic (exact) mass is 250 g/mol. The quantitative estimate of drug-likeness (QED) is 0.371. The summed E-state index contributed by atoms with van der Waals surface area (Å²) >= 11 is 0. The Bertz CT molecular complexity index is 388. The van der Waals surface area contributed by atoms with Crippen molar-refractivity contribution in [3.05, 3.63) is 35.9 Å². The second kappa shape index (κ2) is 6.37. The van der Waals surface area contributed by atoms with Crippen molar-refractivity contribution in [3.8, 4) is 0 Å². The number of hydrogen-bond donors (Lipinski definition) is 2. The smallest absolute Gasteiger partial charge is 0.173 e. The van der Waals surface area contributed by atoms with Gasteiger partial charge in [-0.2, -0.15) is 0 Å². The average molecular weight is 250 g/mol. The van der Waals surface area contributed by atoms with Crippen LogP contribution in [0.3, 0.4) is 0 Å². The first kappa shape index (κ1) is 12.9. The first-order valence-corrected chi connectivity index (χ1v) is 6.10. The minimum atomic E-state index is -0.570. The predicted molar refractivity (Wildman–Crippen MR) is 67.3 cm³/mol. The highest BCUT2D eigenvalue weighted by atomic mass is 16.7. The molecule has 0 bridgehead atoms. The Morgan fingerprint density at radius 1 is 1.39 bits per heavy atom. The summed E-state index contributed by atoms with van der Waals surface area (Å²) < 4.78 is 11.3. The van der Waals surface area contributed by atoms with E-state index in [9.17, 15) is 0 Å². The fourth-order valence-corrected chi connectivity index (χ4v) is 1.97. The number of rotatable bonds is 4. The molecular formula is C13H18N2O3. The number of nitrogens with zero attached hydrogens (tertiary/aromatic N) is 1. The Labute approximate surface area is 106 Å². The van der Waals surface area contributed by atoms with Crippen LogP contribution in [0, 0.1) is 0 Å². The van der Waals surface area contributed by atoms with Gasteiger partial charge in [0.25, 0.3) is 0 Å². The van der Waals surface area contributed by atoms with E-state index in [1.165, 1.54) is 0 Å². The number of hydrogen-bond acceptors (Lipinski definition) is 4. The molecule has 18 heavy (non-hydrogen) atoms. The van der Waals surface area contributed by atoms with Gasteiger partial charge in [-0.05, 0) is 24.8 Å². The molecule has 0 saturated carbocycles. The average Bonchev–Trinajstić information content (AvgIpc) is 2.46. The van der Waals surface area contributed by atoms with Crippen LogP contribution in [-0.4, -0.2) is 23.9 Å². The van der Waals surface area contributed by atoms with E-state index >= 15 is 0 Å². The molecule has 5 heteroatoms. The summed E-state index contributed by atoms with van der Waals surface area (Å²) in [6.07, 6.45) is 2.10. The van der Waals surface area contributed by atoms with Crippen molar-refractivity contribution < 1.29 is 14.7 Å². The predicted octanol–water partition coefficient (Wildman–Crippen LogP) is 2.02. The van der Waals surface area contributed by atoms with E-state index < -0.39 is 6.10 Å². The molecule has 0 amide bonds. The van der Waals surface area contributed by atoms with Crippen LogP contribution < -0.4 is 5.73 Å². The van der Waals surface area contributed by atoms with E-state index in [1.54, 1.807) is 0 Å². The van der Waals surface area contributed by atoms with Gasteiger partial charge in [0.15, 0.2) is 12.1 Å². The summed E-state index contributed by atoms with van der Waals surface area (Å²) in [5, 5.41) is 11.9. The molecule has 1 saturated heterocycles. The zero-order chi connectivity index (χ0) is 12.8. The van der Waals surface area contributed by atoms with Gasteiger partial charge in [-0.25, -0.2) is 0 Å². The van der Waals surface area contributed by atoms with Gasteiger partial charge < -0.3 is 20.4 Å². The van der Waals surface area contributed by atoms with Gasteiger partial charge in [-0.1, -0.05) is 35.5 Å². The van der Waals surface area contributed by atoms with Crippen LogP contribution in [0.2, 0.25) is 0 Å². The molecule has 0 radical (unpaired) electrons. The Balaban J connectivity index is 2.10. The van der Waals surface area contributed by atoms with Crippen LogP contribution in [-0.2, 0) is 9.47 Å². The van der Waals surface area contributed by atoms with E-state index in [1.807, 2.05) is 30.3 Å². The summed E-state index contributed by atoms with van der Waals surface area (Å²) in [6, 6.07) is 9.44. The maximum atomic E-state index is 8.84. The third-order valence-corrected chi connectivity index (χ3v) is 2.91. The molecule has 1 heterocycles. The number of benzene rings is 1. The minimum absolute atomic E-state index is 0.0374.